The minimum atomic E-state index is -4.73. The zero-order chi connectivity index (χ0) is 19.7. The number of anilines is 1. The first-order valence-corrected chi connectivity index (χ1v) is 9.75. The number of benzene rings is 1. The second-order valence-corrected chi connectivity index (χ2v) is 8.20. The molecule has 3 rings (SSSR count). The van der Waals surface area contributed by atoms with Gasteiger partial charge in [-0.1, -0.05) is 36.4 Å². The van der Waals surface area contributed by atoms with Crippen molar-refractivity contribution in [1.29, 1.82) is 0 Å². The number of hydrogen-bond donors (Lipinski definition) is 2. The van der Waals surface area contributed by atoms with Gasteiger partial charge in [-0.25, -0.2) is 9.97 Å². The molecule has 27 heavy (non-hydrogen) atoms. The molecule has 2 N–H and O–H groups in total. The molecule has 0 radical (unpaired) electrons. The summed E-state index contributed by atoms with van der Waals surface area (Å²) in [7, 11) is -4.73. The highest BCUT2D eigenvalue weighted by Crippen LogP contribution is 2.43. The number of nitrogens with zero attached hydrogens (tertiary/aromatic N) is 2. The van der Waals surface area contributed by atoms with Crippen LogP contribution in [-0.4, -0.2) is 33.6 Å². The number of aromatic nitrogens is 2. The molecule has 0 bridgehead atoms. The fourth-order valence-corrected chi connectivity index (χ4v) is 4.54. The van der Waals surface area contributed by atoms with E-state index in [-0.39, 0.29) is 17.4 Å². The van der Waals surface area contributed by atoms with E-state index in [9.17, 15) is 17.8 Å². The quantitative estimate of drug-likeness (QED) is 0.447. The van der Waals surface area contributed by atoms with Crippen LogP contribution in [0.5, 0.6) is 0 Å². The van der Waals surface area contributed by atoms with Crippen molar-refractivity contribution < 1.29 is 17.8 Å². The highest BCUT2D eigenvalue weighted by atomic mass is 35.5. The van der Waals surface area contributed by atoms with Crippen LogP contribution >= 0.6 is 11.6 Å². The van der Waals surface area contributed by atoms with E-state index in [1.54, 1.807) is 36.4 Å². The van der Waals surface area contributed by atoms with Gasteiger partial charge in [-0.3, -0.25) is 9.35 Å². The van der Waals surface area contributed by atoms with Crippen molar-refractivity contribution in [2.75, 3.05) is 5.32 Å². The number of hydrogen-bond acceptors (Lipinski definition) is 6. The van der Waals surface area contributed by atoms with Gasteiger partial charge in [-0.05, 0) is 19.1 Å². The van der Waals surface area contributed by atoms with Crippen molar-refractivity contribution in [3.05, 3.63) is 77.1 Å². The lowest BCUT2D eigenvalue weighted by molar-refractivity contribution is 0.0931. The molecule has 1 aliphatic carbocycles. The second-order valence-electron chi connectivity index (χ2n) is 6.06. The van der Waals surface area contributed by atoms with Crippen molar-refractivity contribution in [2.24, 2.45) is 5.92 Å². The molecule has 0 saturated heterocycles. The maximum atomic E-state index is 12.9. The van der Waals surface area contributed by atoms with E-state index in [2.05, 4.69) is 15.3 Å². The van der Waals surface area contributed by atoms with Gasteiger partial charge < -0.3 is 5.32 Å². The molecule has 1 aromatic heterocycles. The van der Waals surface area contributed by atoms with Crippen LogP contribution in [0.25, 0.3) is 0 Å². The van der Waals surface area contributed by atoms with Gasteiger partial charge in [0.15, 0.2) is 5.78 Å². The molecule has 2 atom stereocenters. The smallest absolute Gasteiger partial charge is 0.294 e. The second kappa shape index (κ2) is 7.22. The molecule has 0 aliphatic heterocycles. The van der Waals surface area contributed by atoms with Gasteiger partial charge in [-0.2, -0.15) is 8.42 Å². The average Bonchev–Trinajstić information content (AvgIpc) is 2.61. The summed E-state index contributed by atoms with van der Waals surface area (Å²) in [5, 5.41) is 2.73. The molecule has 2 aromatic rings. The van der Waals surface area contributed by atoms with E-state index >= 15 is 0 Å². The van der Waals surface area contributed by atoms with Crippen molar-refractivity contribution >= 4 is 33.5 Å². The predicted molar refractivity (Wildman–Crippen MR) is 102 cm³/mol. The fourth-order valence-electron chi connectivity index (χ4n) is 2.94. The largest absolute Gasteiger partial charge is 0.323 e. The number of rotatable bonds is 5. The fraction of sp³-hybridized carbons (Fsp3) is 0.167. The highest BCUT2D eigenvalue weighted by Gasteiger charge is 2.47. The van der Waals surface area contributed by atoms with Crippen molar-refractivity contribution in [2.45, 2.75) is 11.8 Å². The third-order valence-electron chi connectivity index (χ3n) is 4.14. The minimum Gasteiger partial charge on any atom is -0.323 e. The van der Waals surface area contributed by atoms with E-state index in [1.807, 2.05) is 0 Å². The number of carbonyl (C=O) groups excluding carboxylic acids is 1. The molecule has 2 unspecified atom stereocenters. The number of halogens is 1. The van der Waals surface area contributed by atoms with Crippen LogP contribution in [0, 0.1) is 5.92 Å². The summed E-state index contributed by atoms with van der Waals surface area (Å²) < 4.78 is 34.0. The number of nitrogens with one attached hydrogen (secondary N) is 1. The number of alkyl halides is 1. The Kier molecular flexibility index (Phi) is 5.14. The molecule has 0 amide bonds. The molecular formula is C18H16ClN3O4S. The zero-order valence-corrected chi connectivity index (χ0v) is 15.8. The Hall–Kier alpha value is -2.55. The predicted octanol–water partition coefficient (Wildman–Crippen LogP) is 3.05. The molecule has 7 nitrogen and oxygen atoms in total. The summed E-state index contributed by atoms with van der Waals surface area (Å²) in [4.78, 5) is 18.6. The number of Topliss-reactive ketones (excluding diaryl/α,β-unsaturated/α-hetero) is 1. The van der Waals surface area contributed by atoms with Crippen LogP contribution in [0.15, 0.2) is 71.5 Å². The molecule has 0 spiro atoms. The topological polar surface area (TPSA) is 109 Å². The average molecular weight is 406 g/mol. The van der Waals surface area contributed by atoms with Crippen LogP contribution in [-0.2, 0) is 10.1 Å². The maximum Gasteiger partial charge on any atom is 0.294 e. The summed E-state index contributed by atoms with van der Waals surface area (Å²) in [6.07, 6.45) is 5.83. The summed E-state index contributed by atoms with van der Waals surface area (Å²) >= 11 is 6.54. The Morgan fingerprint density at radius 1 is 1.19 bits per heavy atom. The van der Waals surface area contributed by atoms with Gasteiger partial charge in [0.1, 0.15) is 4.91 Å². The standard InChI is InChI=1S/C18H16ClN3O4S/c1-18(19)13(15(23)12-6-3-2-4-7-12)8-9-14(16(18)27(24,25)26)22-17-20-10-5-11-21-17/h2-11,13H,1H3,(H,20,21,22)(H,24,25,26). The van der Waals surface area contributed by atoms with E-state index in [4.69, 9.17) is 11.6 Å². The SMILES string of the molecule is CC1(Cl)C(S(=O)(=O)O)=C(Nc2ncccn2)C=CC1C(=O)c1ccccc1. The summed E-state index contributed by atoms with van der Waals surface area (Å²) in [5.74, 6) is -1.24. The molecule has 1 heterocycles. The lowest BCUT2D eigenvalue weighted by atomic mass is 9.82. The lowest BCUT2D eigenvalue weighted by Crippen LogP contribution is -2.41. The first-order valence-electron chi connectivity index (χ1n) is 7.94. The Bertz CT molecular complexity index is 1020. The molecule has 0 saturated carbocycles. The third kappa shape index (κ3) is 3.92. The van der Waals surface area contributed by atoms with Crippen LogP contribution < -0.4 is 5.32 Å². The number of carbonyl (C=O) groups is 1. The third-order valence-corrected chi connectivity index (χ3v) is 5.83. The molecular weight excluding hydrogens is 390 g/mol. The normalized spacial score (nSPS) is 22.6. The number of allylic oxidation sites excluding steroid dienone is 3. The Balaban J connectivity index is 2.06. The van der Waals surface area contributed by atoms with Crippen LogP contribution in [0.4, 0.5) is 5.95 Å². The van der Waals surface area contributed by atoms with Gasteiger partial charge >= 0.3 is 0 Å². The Morgan fingerprint density at radius 3 is 2.41 bits per heavy atom. The van der Waals surface area contributed by atoms with E-state index < -0.39 is 25.8 Å². The van der Waals surface area contributed by atoms with Crippen molar-refractivity contribution in [3.63, 3.8) is 0 Å². The zero-order valence-electron chi connectivity index (χ0n) is 14.2. The first kappa shape index (κ1) is 19.2. The van der Waals surface area contributed by atoms with E-state index in [1.165, 1.54) is 31.5 Å². The van der Waals surface area contributed by atoms with Crippen LogP contribution in [0.3, 0.4) is 0 Å². The van der Waals surface area contributed by atoms with E-state index in [0.29, 0.717) is 5.56 Å². The highest BCUT2D eigenvalue weighted by molar-refractivity contribution is 7.90. The number of ketones is 1. The van der Waals surface area contributed by atoms with Gasteiger partial charge in [0.2, 0.25) is 5.95 Å². The lowest BCUT2D eigenvalue weighted by Gasteiger charge is -2.34. The Morgan fingerprint density at radius 2 is 1.81 bits per heavy atom. The van der Waals surface area contributed by atoms with Crippen molar-refractivity contribution in [3.8, 4) is 0 Å². The van der Waals surface area contributed by atoms with Gasteiger partial charge in [-0.15, -0.1) is 11.6 Å². The van der Waals surface area contributed by atoms with E-state index in [0.717, 1.165) is 0 Å². The van der Waals surface area contributed by atoms with Gasteiger partial charge in [0.05, 0.1) is 16.5 Å². The monoisotopic (exact) mass is 405 g/mol. The summed E-state index contributed by atoms with van der Waals surface area (Å²) in [6.45, 7) is 1.38. The molecule has 9 heteroatoms. The molecule has 1 aromatic carbocycles. The van der Waals surface area contributed by atoms with Gasteiger partial charge in [0.25, 0.3) is 10.1 Å². The molecule has 1 aliphatic rings. The molecule has 0 fully saturated rings. The van der Waals surface area contributed by atoms with Crippen molar-refractivity contribution in [1.82, 2.24) is 9.97 Å². The summed E-state index contributed by atoms with van der Waals surface area (Å²) in [5.41, 5.74) is 0.384. The van der Waals surface area contributed by atoms with Crippen LogP contribution in [0.2, 0.25) is 0 Å². The summed E-state index contributed by atoms with van der Waals surface area (Å²) in [6, 6.07) is 9.99. The maximum absolute atomic E-state index is 12.9. The van der Waals surface area contributed by atoms with Crippen LogP contribution in [0.1, 0.15) is 17.3 Å². The Labute approximate surface area is 161 Å². The first-order chi connectivity index (χ1) is 12.7. The van der Waals surface area contributed by atoms with Gasteiger partial charge in [0, 0.05) is 18.0 Å². The molecule has 140 valence electrons. The minimum absolute atomic E-state index is 0.00156.